The van der Waals surface area contributed by atoms with Gasteiger partial charge in [-0.25, -0.2) is 14.8 Å². The molecular formula is C29H26N4O6S. The van der Waals surface area contributed by atoms with Crippen LogP contribution >= 0.6 is 11.3 Å². The molecule has 0 saturated heterocycles. The van der Waals surface area contributed by atoms with Crippen LogP contribution in [0.25, 0.3) is 33.7 Å². The summed E-state index contributed by atoms with van der Waals surface area (Å²) in [4.78, 5) is 37.8. The Hall–Kier alpha value is -4.90. The number of ether oxygens (including phenoxy) is 4. The van der Waals surface area contributed by atoms with Gasteiger partial charge in [0.05, 0.1) is 43.6 Å². The number of aromatic nitrogens is 3. The summed E-state index contributed by atoms with van der Waals surface area (Å²) in [5.74, 6) is 1.46. The Bertz CT molecular complexity index is 1680. The van der Waals surface area contributed by atoms with Gasteiger partial charge in [-0.05, 0) is 67.6 Å². The molecule has 204 valence electrons. The highest BCUT2D eigenvalue weighted by Crippen LogP contribution is 2.33. The highest BCUT2D eigenvalue weighted by atomic mass is 32.1. The van der Waals surface area contributed by atoms with Crippen LogP contribution in [0.2, 0.25) is 0 Å². The SMILES string of the molecule is COc1ccc(-c2nc3ccc(C(=O)OC(C)C(=O)Nc4nc(-c5ccc(OC)c(OC)c5)cs4)cc3[nH]2)cc1. The van der Waals surface area contributed by atoms with Gasteiger partial charge >= 0.3 is 5.97 Å². The zero-order valence-corrected chi connectivity index (χ0v) is 23.0. The molecule has 0 radical (unpaired) electrons. The Morgan fingerprint density at radius 1 is 0.875 bits per heavy atom. The fourth-order valence-electron chi connectivity index (χ4n) is 3.97. The molecule has 5 rings (SSSR count). The number of nitrogens with one attached hydrogen (secondary N) is 2. The van der Waals surface area contributed by atoms with E-state index in [1.807, 2.05) is 35.7 Å². The lowest BCUT2D eigenvalue weighted by molar-refractivity contribution is -0.123. The van der Waals surface area contributed by atoms with Crippen molar-refractivity contribution in [3.05, 3.63) is 71.6 Å². The van der Waals surface area contributed by atoms with Gasteiger partial charge in [-0.15, -0.1) is 11.3 Å². The second-order valence-electron chi connectivity index (χ2n) is 8.69. The van der Waals surface area contributed by atoms with Gasteiger partial charge in [0.15, 0.2) is 22.7 Å². The second-order valence-corrected chi connectivity index (χ2v) is 9.55. The maximum atomic E-state index is 12.8. The zero-order chi connectivity index (χ0) is 28.2. The summed E-state index contributed by atoms with van der Waals surface area (Å²) in [6.45, 7) is 1.51. The average molecular weight is 559 g/mol. The lowest BCUT2D eigenvalue weighted by atomic mass is 10.1. The van der Waals surface area contributed by atoms with Crippen molar-refractivity contribution in [1.29, 1.82) is 0 Å². The Balaban J connectivity index is 1.23. The summed E-state index contributed by atoms with van der Waals surface area (Å²) in [5, 5.41) is 4.90. The minimum absolute atomic E-state index is 0.294. The summed E-state index contributed by atoms with van der Waals surface area (Å²) >= 11 is 1.26. The first-order valence-electron chi connectivity index (χ1n) is 12.2. The van der Waals surface area contributed by atoms with Gasteiger partial charge in [-0.2, -0.15) is 0 Å². The van der Waals surface area contributed by atoms with Crippen LogP contribution in [0.3, 0.4) is 0 Å². The van der Waals surface area contributed by atoms with Crippen molar-refractivity contribution in [3.8, 4) is 39.9 Å². The Labute approximate surface area is 233 Å². The van der Waals surface area contributed by atoms with E-state index in [1.54, 1.807) is 51.7 Å². The molecule has 1 atom stereocenters. The van der Waals surface area contributed by atoms with E-state index in [0.29, 0.717) is 44.7 Å². The fraction of sp³-hybridized carbons (Fsp3) is 0.172. The molecule has 0 fully saturated rings. The molecule has 1 unspecified atom stereocenters. The van der Waals surface area contributed by atoms with Gasteiger partial charge in [-0.1, -0.05) is 0 Å². The summed E-state index contributed by atoms with van der Waals surface area (Å²) in [5.41, 5.74) is 4.00. The van der Waals surface area contributed by atoms with Gasteiger partial charge in [0.1, 0.15) is 11.6 Å². The van der Waals surface area contributed by atoms with E-state index >= 15 is 0 Å². The third-order valence-electron chi connectivity index (χ3n) is 6.15. The highest BCUT2D eigenvalue weighted by Gasteiger charge is 2.21. The van der Waals surface area contributed by atoms with E-state index < -0.39 is 18.0 Å². The predicted octanol–water partition coefficient (Wildman–Crippen LogP) is 5.56. The number of rotatable bonds is 9. The molecule has 0 aliphatic carbocycles. The lowest BCUT2D eigenvalue weighted by Gasteiger charge is -2.12. The number of hydrogen-bond acceptors (Lipinski definition) is 9. The van der Waals surface area contributed by atoms with Crippen LogP contribution in [0.15, 0.2) is 66.0 Å². The lowest BCUT2D eigenvalue weighted by Crippen LogP contribution is -2.29. The number of methoxy groups -OCH3 is 3. The topological polar surface area (TPSA) is 125 Å². The molecular weight excluding hydrogens is 532 g/mol. The van der Waals surface area contributed by atoms with Gasteiger partial charge in [0.2, 0.25) is 0 Å². The van der Waals surface area contributed by atoms with Crippen molar-refractivity contribution < 1.29 is 28.5 Å². The monoisotopic (exact) mass is 558 g/mol. The van der Waals surface area contributed by atoms with Crippen LogP contribution in [0, 0.1) is 0 Å². The van der Waals surface area contributed by atoms with E-state index in [-0.39, 0.29) is 0 Å². The molecule has 2 heterocycles. The van der Waals surface area contributed by atoms with Crippen molar-refractivity contribution in [2.24, 2.45) is 0 Å². The quantitative estimate of drug-likeness (QED) is 0.225. The molecule has 0 saturated carbocycles. The third kappa shape index (κ3) is 5.59. The van der Waals surface area contributed by atoms with Crippen LogP contribution in [0.1, 0.15) is 17.3 Å². The number of benzene rings is 3. The van der Waals surface area contributed by atoms with Crippen molar-refractivity contribution in [1.82, 2.24) is 15.0 Å². The van der Waals surface area contributed by atoms with E-state index in [1.165, 1.54) is 18.3 Å². The Morgan fingerprint density at radius 3 is 2.35 bits per heavy atom. The number of imidazole rings is 1. The molecule has 10 nitrogen and oxygen atoms in total. The number of carbonyl (C=O) groups is 2. The van der Waals surface area contributed by atoms with E-state index in [2.05, 4.69) is 20.3 Å². The van der Waals surface area contributed by atoms with E-state index in [0.717, 1.165) is 16.9 Å². The van der Waals surface area contributed by atoms with Gasteiger partial charge in [0.25, 0.3) is 5.91 Å². The number of hydrogen-bond donors (Lipinski definition) is 2. The highest BCUT2D eigenvalue weighted by molar-refractivity contribution is 7.14. The first-order chi connectivity index (χ1) is 19.4. The van der Waals surface area contributed by atoms with Crippen molar-refractivity contribution in [2.45, 2.75) is 13.0 Å². The maximum Gasteiger partial charge on any atom is 0.338 e. The normalized spacial score (nSPS) is 11.6. The number of aromatic amines is 1. The standard InChI is InChI=1S/C29H26N4O6S/c1-16(27(34)33-29-32-23(15-40-29)18-8-12-24(37-3)25(14-18)38-4)39-28(35)19-7-11-21-22(13-19)31-26(30-21)17-5-9-20(36-2)10-6-17/h5-16H,1-4H3,(H,30,31)(H,32,33,34). The summed E-state index contributed by atoms with van der Waals surface area (Å²) in [7, 11) is 4.74. The zero-order valence-electron chi connectivity index (χ0n) is 22.2. The van der Waals surface area contributed by atoms with E-state index in [4.69, 9.17) is 18.9 Å². The number of fused-ring (bicyclic) bond motifs is 1. The van der Waals surface area contributed by atoms with Crippen LogP contribution < -0.4 is 19.5 Å². The molecule has 11 heteroatoms. The summed E-state index contributed by atoms with van der Waals surface area (Å²) in [6.07, 6.45) is -1.05. The number of nitrogens with zero attached hydrogens (tertiary/aromatic N) is 2. The summed E-state index contributed by atoms with van der Waals surface area (Å²) in [6, 6.07) is 17.9. The summed E-state index contributed by atoms with van der Waals surface area (Å²) < 4.78 is 21.3. The van der Waals surface area contributed by atoms with Crippen molar-refractivity contribution in [3.63, 3.8) is 0 Å². The molecule has 5 aromatic rings. The van der Waals surface area contributed by atoms with Gasteiger partial charge in [0, 0.05) is 16.5 Å². The molecule has 2 aromatic heterocycles. The van der Waals surface area contributed by atoms with Gasteiger partial charge < -0.3 is 23.9 Å². The number of esters is 1. The molecule has 0 spiro atoms. The first-order valence-corrected chi connectivity index (χ1v) is 13.1. The third-order valence-corrected chi connectivity index (χ3v) is 6.91. The minimum atomic E-state index is -1.05. The average Bonchev–Trinajstić information content (AvgIpc) is 3.63. The Morgan fingerprint density at radius 2 is 1.62 bits per heavy atom. The van der Waals surface area contributed by atoms with Crippen LogP contribution in [0.5, 0.6) is 17.2 Å². The molecule has 0 aliphatic heterocycles. The minimum Gasteiger partial charge on any atom is -0.497 e. The van der Waals surface area contributed by atoms with Crippen LogP contribution in [-0.4, -0.2) is 54.3 Å². The molecule has 40 heavy (non-hydrogen) atoms. The number of H-pyrrole nitrogens is 1. The second kappa shape index (κ2) is 11.5. The number of anilines is 1. The smallest absolute Gasteiger partial charge is 0.338 e. The predicted molar refractivity (Wildman–Crippen MR) is 152 cm³/mol. The largest absolute Gasteiger partial charge is 0.497 e. The number of thiazole rings is 1. The van der Waals surface area contributed by atoms with Crippen molar-refractivity contribution in [2.75, 3.05) is 26.6 Å². The number of amides is 1. The Kier molecular flexibility index (Phi) is 7.65. The maximum absolute atomic E-state index is 12.8. The van der Waals surface area contributed by atoms with Crippen molar-refractivity contribution >= 4 is 39.4 Å². The van der Waals surface area contributed by atoms with Crippen LogP contribution in [-0.2, 0) is 9.53 Å². The first kappa shape index (κ1) is 26.7. The van der Waals surface area contributed by atoms with Crippen LogP contribution in [0.4, 0.5) is 5.13 Å². The molecule has 0 bridgehead atoms. The number of carbonyl (C=O) groups excluding carboxylic acids is 2. The van der Waals surface area contributed by atoms with E-state index in [9.17, 15) is 9.59 Å². The molecule has 2 N–H and O–H groups in total. The molecule has 0 aliphatic rings. The molecule has 1 amide bonds. The van der Waals surface area contributed by atoms with Gasteiger partial charge in [-0.3, -0.25) is 10.1 Å². The fourth-order valence-corrected chi connectivity index (χ4v) is 4.69. The molecule has 3 aromatic carbocycles.